The number of likely N-dealkylation sites (tertiary alicyclic amines) is 1. The first-order valence-corrected chi connectivity index (χ1v) is 8.81. The van der Waals surface area contributed by atoms with Crippen LogP contribution in [0.3, 0.4) is 0 Å². The molecule has 0 radical (unpaired) electrons. The number of fused-ring (bicyclic) bond motifs is 1. The number of benzene rings is 1. The van der Waals surface area contributed by atoms with Gasteiger partial charge in [0.15, 0.2) is 0 Å². The Morgan fingerprint density at radius 2 is 2.32 bits per heavy atom. The second-order valence-electron chi connectivity index (χ2n) is 6.24. The van der Waals surface area contributed by atoms with E-state index in [1.54, 1.807) is 0 Å². The number of piperidine rings is 1. The van der Waals surface area contributed by atoms with Crippen molar-refractivity contribution in [3.8, 4) is 0 Å². The number of hydrogen-bond acceptors (Lipinski definition) is 3. The van der Waals surface area contributed by atoms with Crippen molar-refractivity contribution in [2.24, 2.45) is 0 Å². The van der Waals surface area contributed by atoms with Crippen molar-refractivity contribution < 1.29 is 0 Å². The van der Waals surface area contributed by atoms with Gasteiger partial charge < -0.3 is 4.98 Å². The molecule has 1 fully saturated rings. The van der Waals surface area contributed by atoms with Crippen LogP contribution in [0.5, 0.6) is 0 Å². The van der Waals surface area contributed by atoms with E-state index in [4.69, 9.17) is 0 Å². The summed E-state index contributed by atoms with van der Waals surface area (Å²) >= 11 is 1.86. The first-order chi connectivity index (χ1) is 10.8. The highest BCUT2D eigenvalue weighted by atomic mass is 32.1. The van der Waals surface area contributed by atoms with Crippen LogP contribution in [0.25, 0.3) is 10.9 Å². The van der Waals surface area contributed by atoms with Crippen molar-refractivity contribution in [3.05, 3.63) is 52.1 Å². The summed E-state index contributed by atoms with van der Waals surface area (Å²) < 4.78 is 0. The van der Waals surface area contributed by atoms with Crippen LogP contribution in [0.4, 0.5) is 0 Å². The van der Waals surface area contributed by atoms with Gasteiger partial charge in [-0.2, -0.15) is 0 Å². The lowest BCUT2D eigenvalue weighted by Gasteiger charge is -2.32. The number of aromatic nitrogens is 2. The highest BCUT2D eigenvalue weighted by Gasteiger charge is 2.23. The maximum atomic E-state index is 4.61. The molecule has 0 saturated carbocycles. The molecule has 1 unspecified atom stereocenters. The Hall–Kier alpha value is -1.65. The van der Waals surface area contributed by atoms with Gasteiger partial charge in [0.2, 0.25) is 0 Å². The summed E-state index contributed by atoms with van der Waals surface area (Å²) in [5.41, 5.74) is 2.66. The second-order valence-corrected chi connectivity index (χ2v) is 7.51. The molecule has 0 amide bonds. The van der Waals surface area contributed by atoms with Crippen LogP contribution in [0.15, 0.2) is 36.7 Å². The minimum absolute atomic E-state index is 0.609. The molecular formula is C18H21N3S. The van der Waals surface area contributed by atoms with E-state index in [9.17, 15) is 0 Å². The van der Waals surface area contributed by atoms with Gasteiger partial charge in [-0.1, -0.05) is 12.1 Å². The summed E-state index contributed by atoms with van der Waals surface area (Å²) in [5, 5.41) is 2.68. The van der Waals surface area contributed by atoms with Crippen LogP contribution < -0.4 is 0 Å². The number of H-pyrrole nitrogens is 1. The summed E-state index contributed by atoms with van der Waals surface area (Å²) in [5.74, 6) is 0.609. The number of aromatic amines is 1. The number of nitrogens with zero attached hydrogens (tertiary/aromatic N) is 2. The Kier molecular flexibility index (Phi) is 3.72. The quantitative estimate of drug-likeness (QED) is 0.781. The molecule has 1 saturated heterocycles. The predicted octanol–water partition coefficient (Wildman–Crippen LogP) is 4.31. The van der Waals surface area contributed by atoms with E-state index in [2.05, 4.69) is 46.1 Å². The van der Waals surface area contributed by atoms with Crippen molar-refractivity contribution >= 4 is 22.2 Å². The molecule has 2 aromatic heterocycles. The Labute approximate surface area is 135 Å². The lowest BCUT2D eigenvalue weighted by atomic mass is 9.98. The van der Waals surface area contributed by atoms with Crippen LogP contribution in [0, 0.1) is 6.92 Å². The van der Waals surface area contributed by atoms with Gasteiger partial charge in [-0.15, -0.1) is 11.3 Å². The third-order valence-electron chi connectivity index (χ3n) is 4.57. The van der Waals surface area contributed by atoms with Gasteiger partial charge in [0.05, 0.1) is 5.01 Å². The van der Waals surface area contributed by atoms with E-state index in [0.717, 1.165) is 13.1 Å². The van der Waals surface area contributed by atoms with Crippen molar-refractivity contribution in [2.75, 3.05) is 13.1 Å². The lowest BCUT2D eigenvalue weighted by Crippen LogP contribution is -2.33. The number of hydrogen-bond donors (Lipinski definition) is 1. The van der Waals surface area contributed by atoms with Crippen molar-refractivity contribution in [2.45, 2.75) is 32.2 Å². The van der Waals surface area contributed by atoms with Crippen LogP contribution in [-0.4, -0.2) is 28.0 Å². The highest BCUT2D eigenvalue weighted by Crippen LogP contribution is 2.31. The zero-order valence-corrected chi connectivity index (χ0v) is 13.7. The average Bonchev–Trinajstić information content (AvgIpc) is 3.17. The zero-order chi connectivity index (χ0) is 14.9. The van der Waals surface area contributed by atoms with Gasteiger partial charge in [-0.3, -0.25) is 4.90 Å². The molecule has 1 atom stereocenters. The van der Waals surface area contributed by atoms with E-state index in [1.165, 1.54) is 45.7 Å². The Balaban J connectivity index is 1.52. The molecule has 4 rings (SSSR count). The third kappa shape index (κ3) is 2.69. The van der Waals surface area contributed by atoms with E-state index in [1.807, 2.05) is 23.7 Å². The summed E-state index contributed by atoms with van der Waals surface area (Å²) in [6.07, 6.45) is 6.59. The van der Waals surface area contributed by atoms with Gasteiger partial charge in [0, 0.05) is 47.2 Å². The molecule has 3 nitrogen and oxygen atoms in total. The van der Waals surface area contributed by atoms with E-state index < -0.39 is 0 Å². The first kappa shape index (κ1) is 14.0. The van der Waals surface area contributed by atoms with Gasteiger partial charge in [-0.05, 0) is 44.0 Å². The maximum absolute atomic E-state index is 4.61. The molecule has 22 heavy (non-hydrogen) atoms. The van der Waals surface area contributed by atoms with E-state index >= 15 is 0 Å². The molecule has 3 heterocycles. The van der Waals surface area contributed by atoms with Crippen LogP contribution >= 0.6 is 11.3 Å². The van der Waals surface area contributed by atoms with Crippen LogP contribution in [0.1, 0.15) is 34.2 Å². The molecular weight excluding hydrogens is 290 g/mol. The smallest absolute Gasteiger partial charge is 0.0971 e. The molecule has 0 aliphatic carbocycles. The summed E-state index contributed by atoms with van der Waals surface area (Å²) in [7, 11) is 0. The molecule has 1 aliphatic heterocycles. The minimum Gasteiger partial charge on any atom is -0.361 e. The topological polar surface area (TPSA) is 31.9 Å². The van der Waals surface area contributed by atoms with Gasteiger partial charge >= 0.3 is 0 Å². The Morgan fingerprint density at radius 1 is 1.36 bits per heavy atom. The standard InChI is InChI=1S/C18H21N3S/c1-13-10-20-18(22-13)15-5-3-9-21(12-15)11-14-4-2-6-17-16(14)7-8-19-17/h2,4,6-8,10,15,19H,3,5,9,11-12H2,1H3. The summed E-state index contributed by atoms with van der Waals surface area (Å²) in [6, 6.07) is 8.75. The largest absolute Gasteiger partial charge is 0.361 e. The molecule has 1 N–H and O–H groups in total. The number of rotatable bonds is 3. The summed E-state index contributed by atoms with van der Waals surface area (Å²) in [4.78, 5) is 11.8. The Bertz CT molecular complexity index is 773. The molecule has 0 bridgehead atoms. The van der Waals surface area contributed by atoms with Crippen molar-refractivity contribution in [1.29, 1.82) is 0 Å². The average molecular weight is 311 g/mol. The zero-order valence-electron chi connectivity index (χ0n) is 12.9. The van der Waals surface area contributed by atoms with E-state index in [0.29, 0.717) is 5.92 Å². The molecule has 0 spiro atoms. The number of thiazole rings is 1. The second kappa shape index (κ2) is 5.86. The first-order valence-electron chi connectivity index (χ1n) is 7.99. The van der Waals surface area contributed by atoms with Gasteiger partial charge in [0.1, 0.15) is 0 Å². The van der Waals surface area contributed by atoms with E-state index in [-0.39, 0.29) is 0 Å². The fourth-order valence-electron chi connectivity index (χ4n) is 3.49. The fourth-order valence-corrected chi connectivity index (χ4v) is 4.39. The SMILES string of the molecule is Cc1cnc(C2CCCN(Cc3cccc4[nH]ccc34)C2)s1. The van der Waals surface area contributed by atoms with Gasteiger partial charge in [-0.25, -0.2) is 4.98 Å². The Morgan fingerprint density at radius 3 is 3.18 bits per heavy atom. The van der Waals surface area contributed by atoms with Crippen molar-refractivity contribution in [3.63, 3.8) is 0 Å². The number of aryl methyl sites for hydroxylation is 1. The third-order valence-corrected chi connectivity index (χ3v) is 5.65. The van der Waals surface area contributed by atoms with Crippen LogP contribution in [0.2, 0.25) is 0 Å². The summed E-state index contributed by atoms with van der Waals surface area (Å²) in [6.45, 7) is 5.51. The predicted molar refractivity (Wildman–Crippen MR) is 92.4 cm³/mol. The molecule has 3 aromatic rings. The minimum atomic E-state index is 0.609. The highest BCUT2D eigenvalue weighted by molar-refractivity contribution is 7.11. The molecule has 1 aromatic carbocycles. The van der Waals surface area contributed by atoms with Gasteiger partial charge in [0.25, 0.3) is 0 Å². The van der Waals surface area contributed by atoms with Crippen LogP contribution in [-0.2, 0) is 6.54 Å². The lowest BCUT2D eigenvalue weighted by molar-refractivity contribution is 0.200. The molecule has 4 heteroatoms. The molecule has 114 valence electrons. The monoisotopic (exact) mass is 311 g/mol. The number of nitrogens with one attached hydrogen (secondary N) is 1. The fraction of sp³-hybridized carbons (Fsp3) is 0.389. The maximum Gasteiger partial charge on any atom is 0.0971 e. The van der Waals surface area contributed by atoms with Crippen molar-refractivity contribution in [1.82, 2.24) is 14.9 Å². The normalized spacial score (nSPS) is 19.8. The molecule has 1 aliphatic rings.